The highest BCUT2D eigenvalue weighted by atomic mass is 16.1. The van der Waals surface area contributed by atoms with Gasteiger partial charge in [0.1, 0.15) is 12.3 Å². The second-order valence-electron chi connectivity index (χ2n) is 5.34. The summed E-state index contributed by atoms with van der Waals surface area (Å²) < 4.78 is 0. The number of rotatable bonds is 3. The molecule has 3 N–H and O–H groups in total. The highest BCUT2D eigenvalue weighted by Gasteiger charge is 2.31. The molecular formula is C16H19N2O+. The van der Waals surface area contributed by atoms with Gasteiger partial charge in [-0.3, -0.25) is 4.79 Å². The molecule has 0 bridgehead atoms. The number of nitrogens with two attached hydrogens (primary N) is 1. The molecule has 0 spiro atoms. The third-order valence-electron chi connectivity index (χ3n) is 4.15. The van der Waals surface area contributed by atoms with Crippen molar-refractivity contribution in [1.82, 2.24) is 4.98 Å². The van der Waals surface area contributed by atoms with Crippen LogP contribution in [0, 0.1) is 0 Å². The van der Waals surface area contributed by atoms with E-state index in [0.717, 1.165) is 18.3 Å². The van der Waals surface area contributed by atoms with Gasteiger partial charge in [0.05, 0.1) is 13.0 Å². The van der Waals surface area contributed by atoms with Crippen LogP contribution >= 0.6 is 0 Å². The predicted octanol–water partition coefficient (Wildman–Crippen LogP) is 1.51. The first-order valence-corrected chi connectivity index (χ1v) is 6.76. The number of carbonyl (C=O) groups is 1. The molecule has 3 heteroatoms. The van der Waals surface area contributed by atoms with E-state index in [4.69, 9.17) is 0 Å². The number of H-pyrrole nitrogens is 1. The van der Waals surface area contributed by atoms with E-state index < -0.39 is 0 Å². The van der Waals surface area contributed by atoms with Crippen molar-refractivity contribution in [3.05, 3.63) is 47.2 Å². The third-order valence-corrected chi connectivity index (χ3v) is 4.15. The Morgan fingerprint density at radius 2 is 2.32 bits per heavy atom. The number of hydrogen-bond acceptors (Lipinski definition) is 1. The number of aldehydes is 1. The number of quaternary nitrogens is 1. The fourth-order valence-electron chi connectivity index (χ4n) is 3.20. The van der Waals surface area contributed by atoms with Crippen molar-refractivity contribution in [1.29, 1.82) is 0 Å². The first-order valence-electron chi connectivity index (χ1n) is 6.76. The first kappa shape index (κ1) is 12.2. The van der Waals surface area contributed by atoms with Crippen LogP contribution < -0.4 is 5.32 Å². The largest absolute Gasteiger partial charge is 0.361 e. The number of nitrogens with one attached hydrogen (secondary N) is 1. The lowest BCUT2D eigenvalue weighted by atomic mass is 9.79. The zero-order chi connectivity index (χ0) is 13.4. The number of aromatic amines is 1. The molecule has 0 saturated heterocycles. The summed E-state index contributed by atoms with van der Waals surface area (Å²) in [7, 11) is 2.11. The van der Waals surface area contributed by atoms with Gasteiger partial charge in [-0.15, -0.1) is 0 Å². The Bertz CT molecular complexity index is 654. The molecule has 0 radical (unpaired) electrons. The molecule has 1 aromatic carbocycles. The van der Waals surface area contributed by atoms with Gasteiger partial charge >= 0.3 is 0 Å². The zero-order valence-electron chi connectivity index (χ0n) is 11.3. The maximum absolute atomic E-state index is 10.9. The smallest absolute Gasteiger partial charge is 0.145 e. The van der Waals surface area contributed by atoms with Gasteiger partial charge in [0.25, 0.3) is 0 Å². The second-order valence-corrected chi connectivity index (χ2v) is 5.34. The minimum atomic E-state index is 0.308. The van der Waals surface area contributed by atoms with Gasteiger partial charge in [0.15, 0.2) is 0 Å². The van der Waals surface area contributed by atoms with Crippen molar-refractivity contribution in [2.24, 2.45) is 0 Å². The maximum atomic E-state index is 10.9. The third kappa shape index (κ3) is 1.90. The average Bonchev–Trinajstić information content (AvgIpc) is 2.86. The van der Waals surface area contributed by atoms with Gasteiger partial charge in [0, 0.05) is 23.5 Å². The van der Waals surface area contributed by atoms with Crippen LogP contribution in [0.3, 0.4) is 0 Å². The first-order chi connectivity index (χ1) is 9.24. The highest BCUT2D eigenvalue weighted by molar-refractivity contribution is 5.88. The normalized spacial score (nSPS) is 22.7. The number of carbonyl (C=O) groups excluding carboxylic acids is 1. The SMILES string of the molecule is C[NH2+][C@@H]1Cc2c[nH]c3cccc(c23)[C@H]1/C=C(\C)C=O. The van der Waals surface area contributed by atoms with Gasteiger partial charge in [-0.1, -0.05) is 18.2 Å². The lowest BCUT2D eigenvalue weighted by molar-refractivity contribution is -0.665. The lowest BCUT2D eigenvalue weighted by Gasteiger charge is -2.27. The van der Waals surface area contributed by atoms with E-state index in [1.54, 1.807) is 0 Å². The summed E-state index contributed by atoms with van der Waals surface area (Å²) in [5, 5.41) is 3.61. The van der Waals surface area contributed by atoms with Crippen LogP contribution in [0.25, 0.3) is 10.9 Å². The number of allylic oxidation sites excluding steroid dienone is 1. The van der Waals surface area contributed by atoms with Crippen LogP contribution in [-0.4, -0.2) is 24.4 Å². The van der Waals surface area contributed by atoms with Gasteiger partial charge in [-0.2, -0.15) is 0 Å². The minimum Gasteiger partial charge on any atom is -0.361 e. The monoisotopic (exact) mass is 255 g/mol. The van der Waals surface area contributed by atoms with E-state index in [1.165, 1.54) is 22.0 Å². The Hall–Kier alpha value is -1.87. The Labute approximate surface area is 112 Å². The fourth-order valence-corrected chi connectivity index (χ4v) is 3.20. The molecule has 1 aliphatic carbocycles. The van der Waals surface area contributed by atoms with E-state index in [0.29, 0.717) is 12.0 Å². The van der Waals surface area contributed by atoms with E-state index in [1.807, 2.05) is 6.92 Å². The molecule has 1 aliphatic rings. The Morgan fingerprint density at radius 1 is 1.47 bits per heavy atom. The predicted molar refractivity (Wildman–Crippen MR) is 76.2 cm³/mol. The molecule has 3 nitrogen and oxygen atoms in total. The lowest BCUT2D eigenvalue weighted by Crippen LogP contribution is -2.88. The molecule has 2 aromatic rings. The molecule has 98 valence electrons. The van der Waals surface area contributed by atoms with Crippen LogP contribution in [0.1, 0.15) is 24.0 Å². The molecular weight excluding hydrogens is 236 g/mol. The van der Waals surface area contributed by atoms with Crippen molar-refractivity contribution in [3.8, 4) is 0 Å². The summed E-state index contributed by atoms with van der Waals surface area (Å²) in [6, 6.07) is 6.86. The molecule has 0 fully saturated rings. The molecule has 0 aliphatic heterocycles. The maximum Gasteiger partial charge on any atom is 0.145 e. The number of hydrogen-bond donors (Lipinski definition) is 2. The molecule has 3 rings (SSSR count). The quantitative estimate of drug-likeness (QED) is 0.634. The molecule has 0 saturated carbocycles. The van der Waals surface area contributed by atoms with Crippen LogP contribution in [-0.2, 0) is 11.2 Å². The molecule has 0 amide bonds. The molecule has 1 aromatic heterocycles. The summed E-state index contributed by atoms with van der Waals surface area (Å²) in [4.78, 5) is 14.3. The van der Waals surface area contributed by atoms with E-state index in [-0.39, 0.29) is 0 Å². The average molecular weight is 255 g/mol. The molecule has 1 heterocycles. The molecule has 2 atom stereocenters. The van der Waals surface area contributed by atoms with Crippen molar-refractivity contribution in [2.75, 3.05) is 7.05 Å². The van der Waals surface area contributed by atoms with E-state index in [9.17, 15) is 4.79 Å². The minimum absolute atomic E-state index is 0.308. The van der Waals surface area contributed by atoms with Crippen LogP contribution in [0.2, 0.25) is 0 Å². The Morgan fingerprint density at radius 3 is 3.05 bits per heavy atom. The van der Waals surface area contributed by atoms with Gasteiger partial charge in [-0.05, 0) is 29.7 Å². The fraction of sp³-hybridized carbons (Fsp3) is 0.312. The Balaban J connectivity index is 2.20. The second kappa shape index (κ2) is 4.67. The summed E-state index contributed by atoms with van der Waals surface area (Å²) >= 11 is 0. The van der Waals surface area contributed by atoms with Crippen LogP contribution in [0.4, 0.5) is 0 Å². The summed E-state index contributed by atoms with van der Waals surface area (Å²) in [6.45, 7) is 1.88. The number of aromatic nitrogens is 1. The van der Waals surface area contributed by atoms with E-state index in [2.05, 4.69) is 47.8 Å². The summed E-state index contributed by atoms with van der Waals surface area (Å²) in [5.74, 6) is 0.308. The van der Waals surface area contributed by atoms with Gasteiger partial charge < -0.3 is 10.3 Å². The van der Waals surface area contributed by atoms with Crippen molar-refractivity contribution in [3.63, 3.8) is 0 Å². The van der Waals surface area contributed by atoms with Crippen LogP contribution in [0.5, 0.6) is 0 Å². The Kier molecular flexibility index (Phi) is 2.99. The number of benzene rings is 1. The molecule has 0 unspecified atom stereocenters. The molecule has 19 heavy (non-hydrogen) atoms. The standard InChI is InChI=1S/C16H18N2O/c1-10(9-19)6-13-12-4-3-5-14-16(12)11(8-18-14)7-15(13)17-2/h3-6,8-9,13,15,17-18H,7H2,1-2H3/p+1/b10-6+/t13-,15-/m1/s1. The van der Waals surface area contributed by atoms with Crippen molar-refractivity contribution >= 4 is 17.2 Å². The van der Waals surface area contributed by atoms with Gasteiger partial charge in [0.2, 0.25) is 0 Å². The van der Waals surface area contributed by atoms with E-state index >= 15 is 0 Å². The van der Waals surface area contributed by atoms with Gasteiger partial charge in [-0.25, -0.2) is 0 Å². The summed E-state index contributed by atoms with van der Waals surface area (Å²) in [5.41, 5.74) is 4.74. The zero-order valence-corrected chi connectivity index (χ0v) is 11.3. The van der Waals surface area contributed by atoms with Crippen molar-refractivity contribution in [2.45, 2.75) is 25.3 Å². The topological polar surface area (TPSA) is 49.5 Å². The van der Waals surface area contributed by atoms with Crippen molar-refractivity contribution < 1.29 is 10.1 Å². The number of likely N-dealkylation sites (N-methyl/N-ethyl adjacent to an activating group) is 1. The van der Waals surface area contributed by atoms with Crippen LogP contribution in [0.15, 0.2) is 36.0 Å². The highest BCUT2D eigenvalue weighted by Crippen LogP contribution is 2.36. The summed E-state index contributed by atoms with van der Waals surface area (Å²) in [6.07, 6.45) is 6.22.